The number of rotatable bonds is 6. The van der Waals surface area contributed by atoms with Crippen LogP contribution in [0.4, 0.5) is 26.3 Å². The molecular formula is C18H21F6NO3. The van der Waals surface area contributed by atoms with Crippen LogP contribution in [0, 0.1) is 5.92 Å². The Morgan fingerprint density at radius 3 is 2.61 bits per heavy atom. The summed E-state index contributed by atoms with van der Waals surface area (Å²) in [4.78, 5) is 12.9. The van der Waals surface area contributed by atoms with Crippen LogP contribution in [0.25, 0.3) is 0 Å². The van der Waals surface area contributed by atoms with Gasteiger partial charge in [0.25, 0.3) is 0 Å². The second-order valence-electron chi connectivity index (χ2n) is 6.49. The van der Waals surface area contributed by atoms with Crippen molar-refractivity contribution in [1.29, 1.82) is 0 Å². The summed E-state index contributed by atoms with van der Waals surface area (Å²) in [6.07, 6.45) is -10.7. The van der Waals surface area contributed by atoms with E-state index < -0.39 is 48.9 Å². The van der Waals surface area contributed by atoms with E-state index in [2.05, 4.69) is 4.74 Å². The van der Waals surface area contributed by atoms with Gasteiger partial charge in [0, 0.05) is 19.6 Å². The molecule has 1 saturated heterocycles. The minimum atomic E-state index is -4.60. The first kappa shape index (κ1) is 22.5. The minimum Gasteiger partial charge on any atom is -0.466 e. The maximum absolute atomic E-state index is 13.3. The predicted molar refractivity (Wildman–Crippen MR) is 87.4 cm³/mol. The van der Waals surface area contributed by atoms with Crippen molar-refractivity contribution in [3.05, 3.63) is 35.4 Å². The van der Waals surface area contributed by atoms with Gasteiger partial charge in [-0.3, -0.25) is 9.69 Å². The smallest absolute Gasteiger partial charge is 0.416 e. The first-order chi connectivity index (χ1) is 13.0. The van der Waals surface area contributed by atoms with E-state index in [1.807, 2.05) is 0 Å². The first-order valence-electron chi connectivity index (χ1n) is 8.74. The van der Waals surface area contributed by atoms with E-state index >= 15 is 0 Å². The van der Waals surface area contributed by atoms with E-state index in [1.165, 1.54) is 24.0 Å². The maximum Gasteiger partial charge on any atom is 0.416 e. The molecule has 0 radical (unpaired) electrons. The molecule has 1 aliphatic heterocycles. The molecular weight excluding hydrogens is 392 g/mol. The standard InChI is InChI=1S/C18H21F6NO3/c1-2-27-16(26)9-14(18(22,23)24)10-25-6-7-28-15(11-25)12-4-3-5-13(8-12)17(19,20)21/h3-5,8,14-15H,2,6-7,9-11H2,1H3. The minimum absolute atomic E-state index is 0.00326. The van der Waals surface area contributed by atoms with Gasteiger partial charge in [-0.25, -0.2) is 0 Å². The number of ether oxygens (including phenoxy) is 2. The number of benzene rings is 1. The molecule has 0 aliphatic carbocycles. The zero-order chi connectivity index (χ0) is 20.9. The summed E-state index contributed by atoms with van der Waals surface area (Å²) >= 11 is 0. The lowest BCUT2D eigenvalue weighted by molar-refractivity contribution is -0.191. The van der Waals surface area contributed by atoms with Gasteiger partial charge >= 0.3 is 18.3 Å². The summed E-state index contributed by atoms with van der Waals surface area (Å²) in [5, 5.41) is 0. The molecule has 0 N–H and O–H groups in total. The third-order valence-electron chi connectivity index (χ3n) is 4.40. The second-order valence-corrected chi connectivity index (χ2v) is 6.49. The fourth-order valence-electron chi connectivity index (χ4n) is 3.00. The number of hydrogen-bond acceptors (Lipinski definition) is 4. The van der Waals surface area contributed by atoms with Crippen molar-refractivity contribution in [1.82, 2.24) is 4.90 Å². The Bertz CT molecular complexity index is 661. The van der Waals surface area contributed by atoms with E-state index in [0.29, 0.717) is 0 Å². The molecule has 0 bridgehead atoms. The van der Waals surface area contributed by atoms with Crippen LogP contribution >= 0.6 is 0 Å². The van der Waals surface area contributed by atoms with Gasteiger partial charge in [0.1, 0.15) is 0 Å². The maximum atomic E-state index is 13.3. The highest BCUT2D eigenvalue weighted by Gasteiger charge is 2.43. The van der Waals surface area contributed by atoms with Gasteiger partial charge in [0.2, 0.25) is 0 Å². The lowest BCUT2D eigenvalue weighted by atomic mass is 10.0. The molecule has 1 aromatic rings. The number of halogens is 6. The topological polar surface area (TPSA) is 38.8 Å². The Labute approximate surface area is 158 Å². The first-order valence-corrected chi connectivity index (χ1v) is 8.74. The van der Waals surface area contributed by atoms with Crippen molar-refractivity contribution in [3.63, 3.8) is 0 Å². The number of morpholine rings is 1. The molecule has 0 aromatic heterocycles. The molecule has 2 rings (SSSR count). The number of carbonyl (C=O) groups excluding carboxylic acids is 1. The van der Waals surface area contributed by atoms with Crippen LogP contribution in [0.5, 0.6) is 0 Å². The summed E-state index contributed by atoms with van der Waals surface area (Å²) in [7, 11) is 0. The molecule has 28 heavy (non-hydrogen) atoms. The molecule has 10 heteroatoms. The summed E-state index contributed by atoms with van der Waals surface area (Å²) in [5.41, 5.74) is -0.602. The summed E-state index contributed by atoms with van der Waals surface area (Å²) < 4.78 is 88.6. The van der Waals surface area contributed by atoms with Crippen molar-refractivity contribution in [2.24, 2.45) is 5.92 Å². The number of carbonyl (C=O) groups is 1. The average molecular weight is 413 g/mol. The van der Waals surface area contributed by atoms with Crippen LogP contribution in [0.3, 0.4) is 0 Å². The Morgan fingerprint density at radius 1 is 1.29 bits per heavy atom. The van der Waals surface area contributed by atoms with E-state index in [-0.39, 0.29) is 31.9 Å². The highest BCUT2D eigenvalue weighted by Crippen LogP contribution is 2.34. The Kier molecular flexibility index (Phi) is 7.33. The second kappa shape index (κ2) is 9.13. The van der Waals surface area contributed by atoms with Crippen molar-refractivity contribution >= 4 is 5.97 Å². The van der Waals surface area contributed by atoms with Gasteiger partial charge in [0.05, 0.1) is 37.2 Å². The lowest BCUT2D eigenvalue weighted by Gasteiger charge is -2.35. The zero-order valence-electron chi connectivity index (χ0n) is 15.1. The van der Waals surface area contributed by atoms with Crippen molar-refractivity contribution in [3.8, 4) is 0 Å². The molecule has 0 saturated carbocycles. The SMILES string of the molecule is CCOC(=O)CC(CN1CCOC(c2cccc(C(F)(F)F)c2)C1)C(F)(F)F. The fraction of sp³-hybridized carbons (Fsp3) is 0.611. The van der Waals surface area contributed by atoms with E-state index in [4.69, 9.17) is 4.74 Å². The van der Waals surface area contributed by atoms with Gasteiger partial charge in [-0.1, -0.05) is 12.1 Å². The van der Waals surface area contributed by atoms with E-state index in [0.717, 1.165) is 12.1 Å². The van der Waals surface area contributed by atoms with Crippen LogP contribution < -0.4 is 0 Å². The van der Waals surface area contributed by atoms with Crippen molar-refractivity contribution < 1.29 is 40.6 Å². The molecule has 1 aromatic carbocycles. The summed E-state index contributed by atoms with van der Waals surface area (Å²) in [6.45, 7) is 1.29. The highest BCUT2D eigenvalue weighted by molar-refractivity contribution is 5.69. The van der Waals surface area contributed by atoms with E-state index in [1.54, 1.807) is 0 Å². The third kappa shape index (κ3) is 6.37. The number of hydrogen-bond donors (Lipinski definition) is 0. The van der Waals surface area contributed by atoms with Gasteiger partial charge < -0.3 is 9.47 Å². The van der Waals surface area contributed by atoms with Crippen LogP contribution in [-0.2, 0) is 20.4 Å². The predicted octanol–water partition coefficient (Wildman–Crippen LogP) is 4.21. The van der Waals surface area contributed by atoms with Gasteiger partial charge in [-0.15, -0.1) is 0 Å². The highest BCUT2D eigenvalue weighted by atomic mass is 19.4. The molecule has 0 spiro atoms. The number of nitrogens with zero attached hydrogens (tertiary/aromatic N) is 1. The fourth-order valence-corrected chi connectivity index (χ4v) is 3.00. The molecule has 158 valence electrons. The van der Waals surface area contributed by atoms with Crippen LogP contribution in [0.2, 0.25) is 0 Å². The van der Waals surface area contributed by atoms with Gasteiger partial charge in [0.15, 0.2) is 0 Å². The Hall–Kier alpha value is -1.81. The summed E-state index contributed by atoms with van der Waals surface area (Å²) in [5.74, 6) is -2.86. The van der Waals surface area contributed by atoms with Crippen LogP contribution in [0.1, 0.15) is 30.6 Å². The number of alkyl halides is 6. The van der Waals surface area contributed by atoms with Crippen molar-refractivity contribution in [2.75, 3.05) is 32.8 Å². The van der Waals surface area contributed by atoms with Crippen LogP contribution in [0.15, 0.2) is 24.3 Å². The van der Waals surface area contributed by atoms with E-state index in [9.17, 15) is 31.1 Å². The van der Waals surface area contributed by atoms with Gasteiger partial charge in [-0.05, 0) is 24.6 Å². The molecule has 2 unspecified atom stereocenters. The molecule has 0 amide bonds. The molecule has 1 aliphatic rings. The quantitative estimate of drug-likeness (QED) is 0.518. The summed E-state index contributed by atoms with van der Waals surface area (Å²) in [6, 6.07) is 4.54. The largest absolute Gasteiger partial charge is 0.466 e. The monoisotopic (exact) mass is 413 g/mol. The van der Waals surface area contributed by atoms with Gasteiger partial charge in [-0.2, -0.15) is 26.3 Å². The van der Waals surface area contributed by atoms with Crippen LogP contribution in [-0.4, -0.2) is 49.9 Å². The zero-order valence-corrected chi connectivity index (χ0v) is 15.1. The molecule has 1 fully saturated rings. The molecule has 2 atom stereocenters. The molecule has 4 nitrogen and oxygen atoms in total. The Morgan fingerprint density at radius 2 is 2.00 bits per heavy atom. The number of esters is 1. The van der Waals surface area contributed by atoms with Crippen molar-refractivity contribution in [2.45, 2.75) is 31.8 Å². The average Bonchev–Trinajstić information content (AvgIpc) is 2.60. The lowest BCUT2D eigenvalue weighted by Crippen LogP contribution is -2.44. The third-order valence-corrected chi connectivity index (χ3v) is 4.40. The molecule has 1 heterocycles. The normalized spacial score (nSPS) is 20.0. The Balaban J connectivity index is 2.08.